The fourth-order valence-electron chi connectivity index (χ4n) is 4.18. The minimum atomic E-state index is -3.28. The summed E-state index contributed by atoms with van der Waals surface area (Å²) in [6, 6.07) is 5.59. The standard InChI is InChI=1S/C21H32N2O3S/c1-17-6-7-18(2)20(16-17)27(25,26)15-14-22-12-8-19(9-13-22)21(24)23-10-4-3-5-11-23/h6-7,16,19H,3-5,8-15H2,1-2H3. The van der Waals surface area contributed by atoms with Crippen LogP contribution >= 0.6 is 0 Å². The van der Waals surface area contributed by atoms with E-state index >= 15 is 0 Å². The molecule has 0 unspecified atom stereocenters. The van der Waals surface area contributed by atoms with Crippen molar-refractivity contribution in [1.82, 2.24) is 9.80 Å². The molecule has 5 nitrogen and oxygen atoms in total. The van der Waals surface area contributed by atoms with Gasteiger partial charge in [0, 0.05) is 25.6 Å². The fraction of sp³-hybridized carbons (Fsp3) is 0.667. The Morgan fingerprint density at radius 3 is 2.37 bits per heavy atom. The van der Waals surface area contributed by atoms with E-state index in [1.165, 1.54) is 6.42 Å². The summed E-state index contributed by atoms with van der Waals surface area (Å²) in [4.78, 5) is 17.3. The van der Waals surface area contributed by atoms with Crippen LogP contribution in [-0.2, 0) is 14.6 Å². The largest absolute Gasteiger partial charge is 0.342 e. The topological polar surface area (TPSA) is 57.7 Å². The van der Waals surface area contributed by atoms with Crippen LogP contribution in [0.15, 0.2) is 23.1 Å². The number of hydrogen-bond acceptors (Lipinski definition) is 4. The van der Waals surface area contributed by atoms with E-state index in [0.717, 1.165) is 63.0 Å². The van der Waals surface area contributed by atoms with Gasteiger partial charge < -0.3 is 9.80 Å². The van der Waals surface area contributed by atoms with Crippen LogP contribution in [0.25, 0.3) is 0 Å². The van der Waals surface area contributed by atoms with E-state index in [-0.39, 0.29) is 11.7 Å². The summed E-state index contributed by atoms with van der Waals surface area (Å²) in [5.41, 5.74) is 1.78. The van der Waals surface area contributed by atoms with Crippen LogP contribution in [0.2, 0.25) is 0 Å². The normalized spacial score (nSPS) is 20.0. The van der Waals surface area contributed by atoms with Crippen LogP contribution in [0.3, 0.4) is 0 Å². The van der Waals surface area contributed by atoms with Crippen molar-refractivity contribution in [2.24, 2.45) is 5.92 Å². The summed E-state index contributed by atoms with van der Waals surface area (Å²) in [5.74, 6) is 0.578. The van der Waals surface area contributed by atoms with Crippen molar-refractivity contribution in [3.05, 3.63) is 29.3 Å². The highest BCUT2D eigenvalue weighted by molar-refractivity contribution is 7.91. The van der Waals surface area contributed by atoms with Crippen LogP contribution in [0, 0.1) is 19.8 Å². The molecule has 2 saturated heterocycles. The molecule has 6 heteroatoms. The number of sulfone groups is 1. The molecule has 0 atom stereocenters. The van der Waals surface area contributed by atoms with Crippen molar-refractivity contribution >= 4 is 15.7 Å². The number of amides is 1. The second kappa shape index (κ2) is 8.74. The molecule has 2 heterocycles. The molecule has 1 aromatic rings. The highest BCUT2D eigenvalue weighted by Gasteiger charge is 2.29. The third-order valence-electron chi connectivity index (χ3n) is 5.96. The van der Waals surface area contributed by atoms with E-state index in [2.05, 4.69) is 4.90 Å². The van der Waals surface area contributed by atoms with Crippen LogP contribution < -0.4 is 0 Å². The van der Waals surface area contributed by atoms with Crippen LogP contribution in [0.5, 0.6) is 0 Å². The van der Waals surface area contributed by atoms with E-state index in [9.17, 15) is 13.2 Å². The van der Waals surface area contributed by atoms with Crippen molar-refractivity contribution in [3.8, 4) is 0 Å². The van der Waals surface area contributed by atoms with E-state index in [1.807, 2.05) is 30.9 Å². The number of carbonyl (C=O) groups excluding carboxylic acids is 1. The third-order valence-corrected chi connectivity index (χ3v) is 7.79. The minimum absolute atomic E-state index is 0.120. The zero-order chi connectivity index (χ0) is 19.4. The summed E-state index contributed by atoms with van der Waals surface area (Å²) in [7, 11) is -3.28. The lowest BCUT2D eigenvalue weighted by Gasteiger charge is -2.35. The molecule has 0 N–H and O–H groups in total. The molecule has 1 amide bonds. The molecular weight excluding hydrogens is 360 g/mol. The highest BCUT2D eigenvalue weighted by atomic mass is 32.2. The number of aryl methyl sites for hydroxylation is 2. The Labute approximate surface area is 163 Å². The minimum Gasteiger partial charge on any atom is -0.342 e. The first-order valence-electron chi connectivity index (χ1n) is 10.2. The van der Waals surface area contributed by atoms with Crippen molar-refractivity contribution in [2.45, 2.75) is 50.8 Å². The van der Waals surface area contributed by atoms with Crippen molar-refractivity contribution in [2.75, 3.05) is 38.5 Å². The Hall–Kier alpha value is -1.40. The summed E-state index contributed by atoms with van der Waals surface area (Å²) in [6.07, 6.45) is 5.18. The van der Waals surface area contributed by atoms with Gasteiger partial charge in [0.25, 0.3) is 0 Å². The maximum Gasteiger partial charge on any atom is 0.225 e. The molecule has 0 spiro atoms. The molecule has 2 aliphatic rings. The Kier molecular flexibility index (Phi) is 6.58. The van der Waals surface area contributed by atoms with Crippen LogP contribution in [-0.4, -0.2) is 62.6 Å². The molecule has 27 heavy (non-hydrogen) atoms. The second-order valence-electron chi connectivity index (χ2n) is 8.09. The molecule has 0 bridgehead atoms. The fourth-order valence-corrected chi connectivity index (χ4v) is 5.82. The van der Waals surface area contributed by atoms with Gasteiger partial charge in [0.05, 0.1) is 10.6 Å². The van der Waals surface area contributed by atoms with Gasteiger partial charge in [0.1, 0.15) is 0 Å². The Balaban J connectivity index is 1.50. The average molecular weight is 393 g/mol. The van der Waals surface area contributed by atoms with Crippen molar-refractivity contribution in [3.63, 3.8) is 0 Å². The number of likely N-dealkylation sites (tertiary alicyclic amines) is 2. The first-order chi connectivity index (χ1) is 12.9. The summed E-state index contributed by atoms with van der Waals surface area (Å²) in [5, 5.41) is 0. The van der Waals surface area contributed by atoms with Gasteiger partial charge in [0.15, 0.2) is 9.84 Å². The van der Waals surface area contributed by atoms with E-state index in [0.29, 0.717) is 17.3 Å². The van der Waals surface area contributed by atoms with Crippen molar-refractivity contribution < 1.29 is 13.2 Å². The monoisotopic (exact) mass is 392 g/mol. The number of rotatable bonds is 5. The first-order valence-corrected chi connectivity index (χ1v) is 11.8. The lowest BCUT2D eigenvalue weighted by molar-refractivity contribution is -0.138. The molecule has 2 fully saturated rings. The maximum absolute atomic E-state index is 12.7. The molecule has 0 aliphatic carbocycles. The molecule has 0 radical (unpaired) electrons. The van der Waals surface area contributed by atoms with Gasteiger partial charge in [-0.1, -0.05) is 12.1 Å². The number of benzene rings is 1. The van der Waals surface area contributed by atoms with Crippen LogP contribution in [0.4, 0.5) is 0 Å². The van der Waals surface area contributed by atoms with Gasteiger partial charge in [-0.15, -0.1) is 0 Å². The molecule has 0 aromatic heterocycles. The molecule has 150 valence electrons. The quantitative estimate of drug-likeness (QED) is 0.773. The number of piperidine rings is 2. The van der Waals surface area contributed by atoms with Gasteiger partial charge in [-0.05, 0) is 76.2 Å². The van der Waals surface area contributed by atoms with Gasteiger partial charge in [-0.3, -0.25) is 4.79 Å². The predicted octanol–water partition coefficient (Wildman–Crippen LogP) is 2.80. The van der Waals surface area contributed by atoms with E-state index in [4.69, 9.17) is 0 Å². The zero-order valence-corrected chi connectivity index (χ0v) is 17.4. The van der Waals surface area contributed by atoms with Crippen LogP contribution in [0.1, 0.15) is 43.2 Å². The molecule has 1 aromatic carbocycles. The van der Waals surface area contributed by atoms with Gasteiger partial charge >= 0.3 is 0 Å². The summed E-state index contributed by atoms with van der Waals surface area (Å²) < 4.78 is 25.5. The SMILES string of the molecule is Cc1ccc(C)c(S(=O)(=O)CCN2CCC(C(=O)N3CCCCC3)CC2)c1. The molecule has 0 saturated carbocycles. The predicted molar refractivity (Wildman–Crippen MR) is 108 cm³/mol. The number of carbonyl (C=O) groups is 1. The summed E-state index contributed by atoms with van der Waals surface area (Å²) in [6.45, 7) is 7.76. The summed E-state index contributed by atoms with van der Waals surface area (Å²) >= 11 is 0. The Morgan fingerprint density at radius 2 is 1.70 bits per heavy atom. The Bertz CT molecular complexity index is 762. The van der Waals surface area contributed by atoms with Gasteiger partial charge in [-0.25, -0.2) is 8.42 Å². The van der Waals surface area contributed by atoms with Gasteiger partial charge in [0.2, 0.25) is 5.91 Å². The first kappa shape index (κ1) is 20.3. The molecule has 3 rings (SSSR count). The zero-order valence-electron chi connectivity index (χ0n) is 16.6. The highest BCUT2D eigenvalue weighted by Crippen LogP contribution is 2.23. The Morgan fingerprint density at radius 1 is 1.04 bits per heavy atom. The number of nitrogens with zero attached hydrogens (tertiary/aromatic N) is 2. The maximum atomic E-state index is 12.7. The van der Waals surface area contributed by atoms with Crippen molar-refractivity contribution in [1.29, 1.82) is 0 Å². The lowest BCUT2D eigenvalue weighted by Crippen LogP contribution is -2.45. The molecule has 2 aliphatic heterocycles. The average Bonchev–Trinajstić information content (AvgIpc) is 2.69. The number of hydrogen-bond donors (Lipinski definition) is 0. The molecular formula is C21H32N2O3S. The second-order valence-corrected chi connectivity index (χ2v) is 10.2. The van der Waals surface area contributed by atoms with E-state index in [1.54, 1.807) is 6.07 Å². The smallest absolute Gasteiger partial charge is 0.225 e. The van der Waals surface area contributed by atoms with E-state index < -0.39 is 9.84 Å². The lowest BCUT2D eigenvalue weighted by atomic mass is 9.94. The third kappa shape index (κ3) is 5.11. The van der Waals surface area contributed by atoms with Gasteiger partial charge in [-0.2, -0.15) is 0 Å².